The molecule has 1 atom stereocenters. The summed E-state index contributed by atoms with van der Waals surface area (Å²) in [5.41, 5.74) is 1.13. The topological polar surface area (TPSA) is 55.4 Å². The van der Waals surface area contributed by atoms with Crippen LogP contribution in [-0.2, 0) is 9.84 Å². The van der Waals surface area contributed by atoms with E-state index in [4.69, 9.17) is 4.74 Å². The first-order valence-corrected chi connectivity index (χ1v) is 8.03. The molecule has 0 aliphatic heterocycles. The van der Waals surface area contributed by atoms with Crippen LogP contribution in [0, 0.1) is 0 Å². The van der Waals surface area contributed by atoms with Crippen molar-refractivity contribution in [3.63, 3.8) is 0 Å². The summed E-state index contributed by atoms with van der Waals surface area (Å²) < 4.78 is 27.1. The maximum Gasteiger partial charge on any atom is 0.147 e. The molecule has 0 heterocycles. The Morgan fingerprint density at radius 1 is 1.39 bits per heavy atom. The number of rotatable bonds is 7. The summed E-state index contributed by atoms with van der Waals surface area (Å²) in [5, 5.41) is 3.30. The highest BCUT2D eigenvalue weighted by Crippen LogP contribution is 2.18. The van der Waals surface area contributed by atoms with Gasteiger partial charge in [0.15, 0.2) is 0 Å². The van der Waals surface area contributed by atoms with Crippen molar-refractivity contribution in [3.8, 4) is 5.75 Å². The number of hydrogen-bond donors (Lipinski definition) is 1. The molecule has 4 nitrogen and oxygen atoms in total. The lowest BCUT2D eigenvalue weighted by molar-refractivity contribution is 0.413. The van der Waals surface area contributed by atoms with Crippen molar-refractivity contribution >= 4 is 9.84 Å². The van der Waals surface area contributed by atoms with E-state index >= 15 is 0 Å². The fourth-order valence-corrected chi connectivity index (χ4v) is 2.35. The van der Waals surface area contributed by atoms with Gasteiger partial charge in [0.1, 0.15) is 15.6 Å². The minimum Gasteiger partial charge on any atom is -0.497 e. The number of methoxy groups -OCH3 is 1. The normalized spacial score (nSPS) is 13.3. The van der Waals surface area contributed by atoms with E-state index in [2.05, 4.69) is 12.2 Å². The lowest BCUT2D eigenvalue weighted by Gasteiger charge is -2.14. The Kier molecular flexibility index (Phi) is 5.62. The highest BCUT2D eigenvalue weighted by molar-refractivity contribution is 7.90. The molecule has 0 aliphatic carbocycles. The zero-order valence-electron chi connectivity index (χ0n) is 11.1. The molecule has 1 N–H and O–H groups in total. The summed E-state index contributed by atoms with van der Waals surface area (Å²) in [6.07, 6.45) is 1.89. The second kappa shape index (κ2) is 6.75. The summed E-state index contributed by atoms with van der Waals surface area (Å²) in [6, 6.07) is 8.04. The third-order valence-electron chi connectivity index (χ3n) is 2.74. The molecule has 1 aromatic carbocycles. The Hall–Kier alpha value is -1.07. The van der Waals surface area contributed by atoms with E-state index in [9.17, 15) is 8.42 Å². The summed E-state index contributed by atoms with van der Waals surface area (Å²) in [4.78, 5) is 0. The maximum atomic E-state index is 11.0. The first kappa shape index (κ1) is 15.0. The molecule has 0 unspecified atom stereocenters. The molecule has 0 aliphatic rings. The molecule has 5 heteroatoms. The molecule has 18 heavy (non-hydrogen) atoms. The van der Waals surface area contributed by atoms with Gasteiger partial charge in [-0.3, -0.25) is 0 Å². The molecule has 0 fully saturated rings. The Morgan fingerprint density at radius 2 is 2.11 bits per heavy atom. The van der Waals surface area contributed by atoms with E-state index < -0.39 is 9.84 Å². The third kappa shape index (κ3) is 5.51. The maximum absolute atomic E-state index is 11.0. The van der Waals surface area contributed by atoms with E-state index in [1.807, 2.05) is 24.3 Å². The second-order valence-electron chi connectivity index (χ2n) is 4.44. The van der Waals surface area contributed by atoms with Crippen molar-refractivity contribution in [3.05, 3.63) is 29.8 Å². The predicted octanol–water partition coefficient (Wildman–Crippen LogP) is 1.78. The average molecular weight is 271 g/mol. The molecule has 0 amide bonds. The van der Waals surface area contributed by atoms with Crippen molar-refractivity contribution in [2.45, 2.75) is 19.4 Å². The Labute approximate surface area is 109 Å². The van der Waals surface area contributed by atoms with Gasteiger partial charge in [-0.25, -0.2) is 8.42 Å². The predicted molar refractivity (Wildman–Crippen MR) is 73.7 cm³/mol. The van der Waals surface area contributed by atoms with Crippen LogP contribution in [0.3, 0.4) is 0 Å². The number of benzene rings is 1. The summed E-state index contributed by atoms with van der Waals surface area (Å²) in [6.45, 7) is 2.74. The standard InChI is InChI=1S/C13H21NO3S/c1-11(14-8-5-9-18(3,15)16)12-6-4-7-13(10-12)17-2/h4,6-7,10-11,14H,5,8-9H2,1-3H3/t11-/m0/s1. The van der Waals surface area contributed by atoms with Gasteiger partial charge in [0.25, 0.3) is 0 Å². The van der Waals surface area contributed by atoms with E-state index in [-0.39, 0.29) is 11.8 Å². The van der Waals surface area contributed by atoms with Gasteiger partial charge in [-0.1, -0.05) is 12.1 Å². The van der Waals surface area contributed by atoms with Crippen molar-refractivity contribution < 1.29 is 13.2 Å². The van der Waals surface area contributed by atoms with E-state index in [0.29, 0.717) is 13.0 Å². The SMILES string of the molecule is COc1cccc([C@H](C)NCCCS(C)(=O)=O)c1. The lowest BCUT2D eigenvalue weighted by Crippen LogP contribution is -2.21. The highest BCUT2D eigenvalue weighted by atomic mass is 32.2. The fraction of sp³-hybridized carbons (Fsp3) is 0.538. The molecule has 1 rings (SSSR count). The molecule has 0 aromatic heterocycles. The van der Waals surface area contributed by atoms with Crippen molar-refractivity contribution in [1.82, 2.24) is 5.32 Å². The van der Waals surface area contributed by atoms with Crippen LogP contribution in [0.25, 0.3) is 0 Å². The summed E-state index contributed by atoms with van der Waals surface area (Å²) in [5.74, 6) is 1.06. The molecular weight excluding hydrogens is 250 g/mol. The van der Waals surface area contributed by atoms with Gasteiger partial charge < -0.3 is 10.1 Å². The number of sulfone groups is 1. The smallest absolute Gasteiger partial charge is 0.147 e. The van der Waals surface area contributed by atoms with Gasteiger partial charge in [-0.05, 0) is 37.6 Å². The van der Waals surface area contributed by atoms with Crippen molar-refractivity contribution in [2.24, 2.45) is 0 Å². The zero-order valence-corrected chi connectivity index (χ0v) is 12.0. The minimum atomic E-state index is -2.86. The van der Waals surface area contributed by atoms with E-state index in [0.717, 1.165) is 11.3 Å². The van der Waals surface area contributed by atoms with Gasteiger partial charge in [0.05, 0.1) is 12.9 Å². The molecule has 0 bridgehead atoms. The molecule has 0 saturated heterocycles. The third-order valence-corrected chi connectivity index (χ3v) is 3.77. The first-order valence-electron chi connectivity index (χ1n) is 5.97. The number of nitrogens with one attached hydrogen (secondary N) is 1. The van der Waals surface area contributed by atoms with Crippen LogP contribution < -0.4 is 10.1 Å². The Morgan fingerprint density at radius 3 is 2.72 bits per heavy atom. The number of ether oxygens (including phenoxy) is 1. The van der Waals surface area contributed by atoms with Gasteiger partial charge in [0.2, 0.25) is 0 Å². The van der Waals surface area contributed by atoms with Crippen molar-refractivity contribution in [1.29, 1.82) is 0 Å². The van der Waals surface area contributed by atoms with Crippen molar-refractivity contribution in [2.75, 3.05) is 25.7 Å². The summed E-state index contributed by atoms with van der Waals surface area (Å²) in [7, 11) is -1.22. The molecule has 0 spiro atoms. The van der Waals surface area contributed by atoms with Gasteiger partial charge in [-0.2, -0.15) is 0 Å². The van der Waals surface area contributed by atoms with E-state index in [1.54, 1.807) is 7.11 Å². The first-order chi connectivity index (χ1) is 8.42. The molecule has 1 aromatic rings. The van der Waals surface area contributed by atoms with Crippen LogP contribution >= 0.6 is 0 Å². The Balaban J connectivity index is 2.42. The largest absolute Gasteiger partial charge is 0.497 e. The molecule has 0 saturated carbocycles. The minimum absolute atomic E-state index is 0.180. The molecule has 0 radical (unpaired) electrons. The van der Waals surface area contributed by atoms with Crippen LogP contribution in [0.1, 0.15) is 24.9 Å². The monoisotopic (exact) mass is 271 g/mol. The fourth-order valence-electron chi connectivity index (χ4n) is 1.68. The van der Waals surface area contributed by atoms with Gasteiger partial charge >= 0.3 is 0 Å². The van der Waals surface area contributed by atoms with Crippen LogP contribution in [-0.4, -0.2) is 34.1 Å². The van der Waals surface area contributed by atoms with Crippen LogP contribution in [0.4, 0.5) is 0 Å². The Bertz CT molecular complexity index is 471. The zero-order chi connectivity index (χ0) is 13.6. The van der Waals surface area contributed by atoms with Gasteiger partial charge in [0, 0.05) is 12.3 Å². The average Bonchev–Trinajstić information content (AvgIpc) is 2.33. The second-order valence-corrected chi connectivity index (χ2v) is 6.70. The van der Waals surface area contributed by atoms with Crippen LogP contribution in [0.2, 0.25) is 0 Å². The van der Waals surface area contributed by atoms with E-state index in [1.165, 1.54) is 6.26 Å². The quantitative estimate of drug-likeness (QED) is 0.768. The van der Waals surface area contributed by atoms with Gasteiger partial charge in [-0.15, -0.1) is 0 Å². The highest BCUT2D eigenvalue weighted by Gasteiger charge is 2.06. The number of hydrogen-bond acceptors (Lipinski definition) is 4. The lowest BCUT2D eigenvalue weighted by atomic mass is 10.1. The molecule has 102 valence electrons. The van der Waals surface area contributed by atoms with Crippen LogP contribution in [0.5, 0.6) is 5.75 Å². The van der Waals surface area contributed by atoms with Crippen LogP contribution in [0.15, 0.2) is 24.3 Å². The summed E-state index contributed by atoms with van der Waals surface area (Å²) >= 11 is 0. The molecular formula is C13H21NO3S.